The van der Waals surface area contributed by atoms with Crippen LogP contribution in [-0.4, -0.2) is 22.4 Å². The average molecular weight is 403 g/mol. The molecule has 0 fully saturated rings. The molecule has 0 unspecified atom stereocenters. The number of rotatable bonds is 4. The molecule has 4 nitrogen and oxygen atoms in total. The second-order valence-corrected chi connectivity index (χ2v) is 6.87. The molecule has 0 bridgehead atoms. The van der Waals surface area contributed by atoms with E-state index in [1.807, 2.05) is 0 Å². The zero-order valence-corrected chi connectivity index (χ0v) is 15.4. The van der Waals surface area contributed by atoms with E-state index >= 15 is 0 Å². The summed E-state index contributed by atoms with van der Waals surface area (Å²) in [5.41, 5.74) is 1.64. The summed E-state index contributed by atoms with van der Waals surface area (Å²) in [6, 6.07) is 9.80. The Hall–Kier alpha value is -3.29. The third-order valence-corrected chi connectivity index (χ3v) is 4.95. The van der Waals surface area contributed by atoms with Gasteiger partial charge in [0.25, 0.3) is 5.91 Å². The minimum absolute atomic E-state index is 0.0523. The van der Waals surface area contributed by atoms with Crippen LogP contribution in [0.15, 0.2) is 42.5 Å². The van der Waals surface area contributed by atoms with Gasteiger partial charge in [0.2, 0.25) is 0 Å². The summed E-state index contributed by atoms with van der Waals surface area (Å²) < 4.78 is 52.9. The molecule has 2 aromatic heterocycles. The van der Waals surface area contributed by atoms with Gasteiger partial charge in [-0.25, -0.2) is 4.39 Å². The Bertz CT molecular complexity index is 1220. The van der Waals surface area contributed by atoms with E-state index in [4.69, 9.17) is 0 Å². The van der Waals surface area contributed by atoms with E-state index in [2.05, 4.69) is 15.3 Å². The van der Waals surface area contributed by atoms with E-state index in [1.165, 1.54) is 18.2 Å². The molecule has 1 amide bonds. The highest BCUT2D eigenvalue weighted by Crippen LogP contribution is 2.36. The number of fused-ring (bicyclic) bond motifs is 2. The summed E-state index contributed by atoms with van der Waals surface area (Å²) in [5, 5.41) is 3.83. The van der Waals surface area contributed by atoms with E-state index in [-0.39, 0.29) is 18.0 Å². The molecule has 0 atom stereocenters. The SMILES string of the molecule is Cc1[nH]c2c(C(F)(F)F)cccc2c1CCNC(=O)c1cc2cc(F)ccc2[nH]1. The first kappa shape index (κ1) is 19.0. The quantitative estimate of drug-likeness (QED) is 0.409. The summed E-state index contributed by atoms with van der Waals surface area (Å²) >= 11 is 0. The second kappa shape index (κ2) is 6.95. The molecule has 0 saturated heterocycles. The van der Waals surface area contributed by atoms with Crippen molar-refractivity contribution >= 4 is 27.7 Å². The van der Waals surface area contributed by atoms with Crippen LogP contribution in [0.25, 0.3) is 21.8 Å². The smallest absolute Gasteiger partial charge is 0.358 e. The zero-order chi connectivity index (χ0) is 20.8. The van der Waals surface area contributed by atoms with E-state index < -0.39 is 17.6 Å². The van der Waals surface area contributed by atoms with Crippen molar-refractivity contribution in [3.8, 4) is 0 Å². The second-order valence-electron chi connectivity index (χ2n) is 6.87. The molecule has 2 aromatic carbocycles. The number of amides is 1. The van der Waals surface area contributed by atoms with E-state index in [9.17, 15) is 22.4 Å². The number of aryl methyl sites for hydroxylation is 1. The van der Waals surface area contributed by atoms with Crippen LogP contribution in [0.5, 0.6) is 0 Å². The van der Waals surface area contributed by atoms with Gasteiger partial charge in [-0.05, 0) is 49.2 Å². The van der Waals surface area contributed by atoms with Crippen molar-refractivity contribution in [2.24, 2.45) is 0 Å². The van der Waals surface area contributed by atoms with Gasteiger partial charge in [0.15, 0.2) is 0 Å². The molecule has 150 valence electrons. The van der Waals surface area contributed by atoms with Gasteiger partial charge in [-0.15, -0.1) is 0 Å². The lowest BCUT2D eigenvalue weighted by Gasteiger charge is -2.08. The fourth-order valence-electron chi connectivity index (χ4n) is 3.58. The standard InChI is InChI=1S/C21H17F4N3O/c1-11-14(15-3-2-4-16(19(15)27-11)21(23,24)25)7-8-26-20(29)18-10-12-9-13(22)5-6-17(12)28-18/h2-6,9-10,27-28H,7-8H2,1H3,(H,26,29). The van der Waals surface area contributed by atoms with Gasteiger partial charge in [-0.2, -0.15) is 13.2 Å². The number of H-pyrrole nitrogens is 2. The van der Waals surface area contributed by atoms with Crippen molar-refractivity contribution < 1.29 is 22.4 Å². The maximum atomic E-state index is 13.3. The van der Waals surface area contributed by atoms with Gasteiger partial charge in [0.05, 0.1) is 11.1 Å². The highest BCUT2D eigenvalue weighted by molar-refractivity contribution is 5.98. The van der Waals surface area contributed by atoms with Crippen LogP contribution in [0.2, 0.25) is 0 Å². The van der Waals surface area contributed by atoms with Crippen LogP contribution >= 0.6 is 0 Å². The minimum atomic E-state index is -4.45. The molecule has 0 aliphatic heterocycles. The van der Waals surface area contributed by atoms with Gasteiger partial charge < -0.3 is 15.3 Å². The molecule has 29 heavy (non-hydrogen) atoms. The van der Waals surface area contributed by atoms with Crippen LogP contribution in [0, 0.1) is 12.7 Å². The monoisotopic (exact) mass is 403 g/mol. The lowest BCUT2D eigenvalue weighted by Crippen LogP contribution is -2.26. The number of alkyl halides is 3. The van der Waals surface area contributed by atoms with E-state index in [1.54, 1.807) is 25.1 Å². The first-order valence-electron chi connectivity index (χ1n) is 8.98. The molecule has 0 aliphatic carbocycles. The van der Waals surface area contributed by atoms with Crippen molar-refractivity contribution in [1.82, 2.24) is 15.3 Å². The van der Waals surface area contributed by atoms with Gasteiger partial charge >= 0.3 is 6.18 Å². The summed E-state index contributed by atoms with van der Waals surface area (Å²) in [4.78, 5) is 18.1. The molecule has 0 radical (unpaired) electrons. The molecule has 8 heteroatoms. The van der Waals surface area contributed by atoms with Crippen molar-refractivity contribution in [2.75, 3.05) is 6.54 Å². The van der Waals surface area contributed by atoms with Gasteiger partial charge in [-0.3, -0.25) is 4.79 Å². The predicted octanol–water partition coefficient (Wildman–Crippen LogP) is 5.09. The number of aromatic amines is 2. The number of aromatic nitrogens is 2. The Balaban J connectivity index is 1.51. The number of hydrogen-bond donors (Lipinski definition) is 3. The van der Waals surface area contributed by atoms with E-state index in [0.29, 0.717) is 34.1 Å². The Morgan fingerprint density at radius 3 is 2.66 bits per heavy atom. The third kappa shape index (κ3) is 3.57. The number of hydrogen-bond acceptors (Lipinski definition) is 1. The third-order valence-electron chi connectivity index (χ3n) is 4.95. The van der Waals surface area contributed by atoms with Crippen molar-refractivity contribution in [3.05, 3.63) is 70.8 Å². The Kier molecular flexibility index (Phi) is 4.56. The van der Waals surface area contributed by atoms with E-state index in [0.717, 1.165) is 11.6 Å². The lowest BCUT2D eigenvalue weighted by atomic mass is 10.0. The van der Waals surface area contributed by atoms with Crippen molar-refractivity contribution in [3.63, 3.8) is 0 Å². The molecule has 4 aromatic rings. The van der Waals surface area contributed by atoms with Crippen molar-refractivity contribution in [2.45, 2.75) is 19.5 Å². The average Bonchev–Trinajstić information content (AvgIpc) is 3.21. The highest BCUT2D eigenvalue weighted by atomic mass is 19.4. The fraction of sp³-hybridized carbons (Fsp3) is 0.190. The lowest BCUT2D eigenvalue weighted by molar-refractivity contribution is -0.136. The number of carbonyl (C=O) groups is 1. The molecule has 0 aliphatic rings. The minimum Gasteiger partial charge on any atom is -0.358 e. The van der Waals surface area contributed by atoms with Crippen LogP contribution in [0.3, 0.4) is 0 Å². The number of para-hydroxylation sites is 1. The topological polar surface area (TPSA) is 60.7 Å². The Labute approximate surface area is 162 Å². The van der Waals surface area contributed by atoms with Crippen molar-refractivity contribution in [1.29, 1.82) is 0 Å². The van der Waals surface area contributed by atoms with Crippen LogP contribution in [0.4, 0.5) is 17.6 Å². The molecule has 0 saturated carbocycles. The normalized spacial score (nSPS) is 12.0. The molecule has 4 rings (SSSR count). The van der Waals surface area contributed by atoms with Crippen LogP contribution < -0.4 is 5.32 Å². The number of halogens is 4. The number of benzene rings is 2. The zero-order valence-electron chi connectivity index (χ0n) is 15.4. The summed E-state index contributed by atoms with van der Waals surface area (Å²) in [6.07, 6.45) is -4.08. The highest BCUT2D eigenvalue weighted by Gasteiger charge is 2.33. The molecule has 3 N–H and O–H groups in total. The molecular formula is C21H17F4N3O. The van der Waals surface area contributed by atoms with Crippen LogP contribution in [0.1, 0.15) is 27.3 Å². The predicted molar refractivity (Wildman–Crippen MR) is 102 cm³/mol. The van der Waals surface area contributed by atoms with Crippen LogP contribution in [-0.2, 0) is 12.6 Å². The molecule has 2 heterocycles. The van der Waals surface area contributed by atoms with Gasteiger partial charge in [0.1, 0.15) is 11.5 Å². The Morgan fingerprint density at radius 1 is 1.10 bits per heavy atom. The summed E-state index contributed by atoms with van der Waals surface area (Å²) in [6.45, 7) is 1.95. The fourth-order valence-corrected chi connectivity index (χ4v) is 3.58. The van der Waals surface area contributed by atoms with Gasteiger partial charge in [0, 0.05) is 28.5 Å². The maximum absolute atomic E-state index is 13.3. The largest absolute Gasteiger partial charge is 0.418 e. The molecule has 0 spiro atoms. The summed E-state index contributed by atoms with van der Waals surface area (Å²) in [7, 11) is 0. The summed E-state index contributed by atoms with van der Waals surface area (Å²) in [5.74, 6) is -0.758. The molecular weight excluding hydrogens is 386 g/mol. The number of nitrogens with one attached hydrogen (secondary N) is 3. The maximum Gasteiger partial charge on any atom is 0.418 e. The Morgan fingerprint density at radius 2 is 1.90 bits per heavy atom. The first-order chi connectivity index (χ1) is 13.7. The first-order valence-corrected chi connectivity index (χ1v) is 8.98. The van der Waals surface area contributed by atoms with Gasteiger partial charge in [-0.1, -0.05) is 12.1 Å². The number of carbonyl (C=O) groups excluding carboxylic acids is 1.